The number of hydrogen-bond acceptors (Lipinski definition) is 6. The van der Waals surface area contributed by atoms with Crippen LogP contribution in [-0.2, 0) is 0 Å². The van der Waals surface area contributed by atoms with Crippen molar-refractivity contribution in [3.8, 4) is 11.3 Å². The molecule has 23 heavy (non-hydrogen) atoms. The van der Waals surface area contributed by atoms with E-state index in [1.165, 1.54) is 0 Å². The van der Waals surface area contributed by atoms with Crippen molar-refractivity contribution in [3.05, 3.63) is 35.5 Å². The van der Waals surface area contributed by atoms with Gasteiger partial charge in [-0.15, -0.1) is 11.3 Å². The third-order valence-corrected chi connectivity index (χ3v) is 4.61. The van der Waals surface area contributed by atoms with Gasteiger partial charge in [0.15, 0.2) is 5.82 Å². The molecule has 0 saturated carbocycles. The number of nitrogens with zero attached hydrogens (tertiary/aromatic N) is 4. The number of anilines is 1. The van der Waals surface area contributed by atoms with E-state index >= 15 is 0 Å². The Morgan fingerprint density at radius 2 is 2.13 bits per heavy atom. The molecule has 0 atom stereocenters. The van der Waals surface area contributed by atoms with E-state index in [1.54, 1.807) is 18.5 Å². The Kier molecular flexibility index (Phi) is 3.96. The van der Waals surface area contributed by atoms with Gasteiger partial charge >= 0.3 is 5.97 Å². The summed E-state index contributed by atoms with van der Waals surface area (Å²) in [6, 6.07) is 5.56. The summed E-state index contributed by atoms with van der Waals surface area (Å²) in [7, 11) is 1.95. The zero-order valence-corrected chi connectivity index (χ0v) is 13.8. The van der Waals surface area contributed by atoms with Crippen molar-refractivity contribution in [2.24, 2.45) is 0 Å². The number of pyridine rings is 1. The normalized spacial score (nSPS) is 11.1. The summed E-state index contributed by atoms with van der Waals surface area (Å²) in [5.74, 6) is -0.240. The maximum atomic E-state index is 11.2. The molecule has 0 bridgehead atoms. The van der Waals surface area contributed by atoms with E-state index < -0.39 is 5.97 Å². The SMILES string of the molecule is CC(C)N(C)c1nc2sc(C(=O)O)cc2nc1-c1cccnc1. The molecule has 0 aliphatic heterocycles. The van der Waals surface area contributed by atoms with Gasteiger partial charge in [-0.2, -0.15) is 0 Å². The van der Waals surface area contributed by atoms with Crippen LogP contribution in [0.3, 0.4) is 0 Å². The predicted octanol–water partition coefficient (Wildman–Crippen LogP) is 3.30. The lowest BCUT2D eigenvalue weighted by molar-refractivity contribution is 0.0702. The lowest BCUT2D eigenvalue weighted by atomic mass is 10.2. The van der Waals surface area contributed by atoms with E-state index in [9.17, 15) is 9.90 Å². The Hall–Kier alpha value is -2.54. The first-order valence-electron chi connectivity index (χ1n) is 7.15. The van der Waals surface area contributed by atoms with Gasteiger partial charge in [0.25, 0.3) is 0 Å². The van der Waals surface area contributed by atoms with E-state index in [2.05, 4.69) is 28.8 Å². The van der Waals surface area contributed by atoms with Gasteiger partial charge in [0.2, 0.25) is 0 Å². The van der Waals surface area contributed by atoms with Crippen LogP contribution in [0.5, 0.6) is 0 Å². The van der Waals surface area contributed by atoms with Crippen molar-refractivity contribution < 1.29 is 9.90 Å². The Bertz CT molecular complexity index is 861. The molecule has 0 spiro atoms. The van der Waals surface area contributed by atoms with Crippen LogP contribution in [0.15, 0.2) is 30.6 Å². The lowest BCUT2D eigenvalue weighted by Gasteiger charge is -2.24. The molecule has 118 valence electrons. The number of hydrogen-bond donors (Lipinski definition) is 1. The number of thiophene rings is 1. The number of aromatic carboxylic acids is 1. The second-order valence-corrected chi connectivity index (χ2v) is 6.48. The molecular weight excluding hydrogens is 312 g/mol. The molecule has 7 heteroatoms. The minimum absolute atomic E-state index is 0.232. The summed E-state index contributed by atoms with van der Waals surface area (Å²) in [5, 5.41) is 9.17. The summed E-state index contributed by atoms with van der Waals surface area (Å²) in [6.45, 7) is 4.13. The highest BCUT2D eigenvalue weighted by atomic mass is 32.1. The molecule has 1 N–H and O–H groups in total. The molecule has 3 heterocycles. The maximum Gasteiger partial charge on any atom is 0.346 e. The van der Waals surface area contributed by atoms with Crippen molar-refractivity contribution in [1.82, 2.24) is 15.0 Å². The van der Waals surface area contributed by atoms with Crippen molar-refractivity contribution in [3.63, 3.8) is 0 Å². The molecule has 6 nitrogen and oxygen atoms in total. The molecule has 0 saturated heterocycles. The van der Waals surface area contributed by atoms with Gasteiger partial charge in [0.1, 0.15) is 20.9 Å². The van der Waals surface area contributed by atoms with Gasteiger partial charge in [-0.1, -0.05) is 0 Å². The van der Waals surface area contributed by atoms with Gasteiger partial charge < -0.3 is 10.0 Å². The zero-order valence-electron chi connectivity index (χ0n) is 13.0. The van der Waals surface area contributed by atoms with Gasteiger partial charge in [0.05, 0.1) is 0 Å². The number of carboxylic acid groups (broad SMARTS) is 1. The van der Waals surface area contributed by atoms with Crippen LogP contribution in [0.1, 0.15) is 23.5 Å². The molecule has 3 aromatic heterocycles. The monoisotopic (exact) mass is 328 g/mol. The quantitative estimate of drug-likeness (QED) is 0.791. The highest BCUT2D eigenvalue weighted by Gasteiger charge is 2.19. The van der Waals surface area contributed by atoms with Crippen LogP contribution >= 0.6 is 11.3 Å². The Balaban J connectivity index is 2.26. The fraction of sp³-hybridized carbons (Fsp3) is 0.250. The van der Waals surface area contributed by atoms with Crippen LogP contribution in [-0.4, -0.2) is 39.1 Å². The lowest BCUT2D eigenvalue weighted by Crippen LogP contribution is -2.27. The second kappa shape index (κ2) is 5.92. The number of rotatable bonds is 4. The Labute approximate surface area is 137 Å². The van der Waals surface area contributed by atoms with Crippen LogP contribution in [0, 0.1) is 0 Å². The number of aromatic nitrogens is 3. The van der Waals surface area contributed by atoms with Crippen LogP contribution < -0.4 is 4.90 Å². The maximum absolute atomic E-state index is 11.2. The number of carboxylic acids is 1. The van der Waals surface area contributed by atoms with E-state index in [0.717, 1.165) is 22.7 Å². The van der Waals surface area contributed by atoms with Gasteiger partial charge in [-0.3, -0.25) is 4.98 Å². The topological polar surface area (TPSA) is 79.2 Å². The number of carbonyl (C=O) groups is 1. The Morgan fingerprint density at radius 1 is 1.35 bits per heavy atom. The highest BCUT2D eigenvalue weighted by molar-refractivity contribution is 7.20. The number of fused-ring (bicyclic) bond motifs is 1. The van der Waals surface area contributed by atoms with E-state index in [-0.39, 0.29) is 10.9 Å². The summed E-state index contributed by atoms with van der Waals surface area (Å²) in [5.41, 5.74) is 2.15. The molecule has 0 aromatic carbocycles. The minimum Gasteiger partial charge on any atom is -0.477 e. The van der Waals surface area contributed by atoms with Crippen molar-refractivity contribution >= 4 is 33.5 Å². The van der Waals surface area contributed by atoms with Gasteiger partial charge in [0, 0.05) is 31.0 Å². The molecule has 0 aliphatic rings. The minimum atomic E-state index is -0.962. The fourth-order valence-corrected chi connectivity index (χ4v) is 2.95. The molecule has 0 unspecified atom stereocenters. The molecular formula is C16H16N4O2S. The summed E-state index contributed by atoms with van der Waals surface area (Å²) in [4.78, 5) is 27.5. The van der Waals surface area contributed by atoms with Crippen molar-refractivity contribution in [1.29, 1.82) is 0 Å². The smallest absolute Gasteiger partial charge is 0.346 e. The van der Waals surface area contributed by atoms with E-state index in [4.69, 9.17) is 0 Å². The Morgan fingerprint density at radius 3 is 2.74 bits per heavy atom. The van der Waals surface area contributed by atoms with Crippen LogP contribution in [0.4, 0.5) is 5.82 Å². The third-order valence-electron chi connectivity index (χ3n) is 3.60. The average molecular weight is 328 g/mol. The fourth-order valence-electron chi connectivity index (χ4n) is 2.14. The van der Waals surface area contributed by atoms with Crippen LogP contribution in [0.25, 0.3) is 21.6 Å². The highest BCUT2D eigenvalue weighted by Crippen LogP contribution is 2.32. The first kappa shape index (κ1) is 15.4. The zero-order chi connectivity index (χ0) is 16.6. The van der Waals surface area contributed by atoms with Gasteiger partial charge in [-0.25, -0.2) is 14.8 Å². The largest absolute Gasteiger partial charge is 0.477 e. The average Bonchev–Trinajstić information content (AvgIpc) is 2.97. The summed E-state index contributed by atoms with van der Waals surface area (Å²) < 4.78 is 0. The predicted molar refractivity (Wildman–Crippen MR) is 91.1 cm³/mol. The second-order valence-electron chi connectivity index (χ2n) is 5.45. The summed E-state index contributed by atoms with van der Waals surface area (Å²) in [6.07, 6.45) is 3.44. The van der Waals surface area contributed by atoms with Gasteiger partial charge in [-0.05, 0) is 32.0 Å². The van der Waals surface area contributed by atoms with E-state index in [0.29, 0.717) is 16.0 Å². The summed E-state index contributed by atoms with van der Waals surface area (Å²) >= 11 is 1.14. The third kappa shape index (κ3) is 2.87. The molecule has 3 rings (SSSR count). The van der Waals surface area contributed by atoms with Crippen molar-refractivity contribution in [2.45, 2.75) is 19.9 Å². The molecule has 0 radical (unpaired) electrons. The molecule has 0 aliphatic carbocycles. The van der Waals surface area contributed by atoms with E-state index in [1.807, 2.05) is 24.1 Å². The standard InChI is InChI=1S/C16H16N4O2S/c1-9(2)20(3)14-13(10-5-4-6-17-8-10)18-11-7-12(16(21)22)23-15(11)19-14/h4-9H,1-3H3,(H,21,22). The van der Waals surface area contributed by atoms with Crippen LogP contribution in [0.2, 0.25) is 0 Å². The molecule has 0 fully saturated rings. The first-order valence-corrected chi connectivity index (χ1v) is 7.97. The van der Waals surface area contributed by atoms with Crippen molar-refractivity contribution in [2.75, 3.05) is 11.9 Å². The first-order chi connectivity index (χ1) is 11.0. The molecule has 3 aromatic rings. The molecule has 0 amide bonds.